The molecule has 0 aliphatic carbocycles. The molecular formula is C19H18ClN5O2. The zero-order valence-electron chi connectivity index (χ0n) is 15.1. The fraction of sp³-hybridized carbons (Fsp3) is 0.158. The highest BCUT2D eigenvalue weighted by molar-refractivity contribution is 6.31. The second kappa shape index (κ2) is 7.59. The Morgan fingerprint density at radius 1 is 1.11 bits per heavy atom. The van der Waals surface area contributed by atoms with Gasteiger partial charge in [0, 0.05) is 23.4 Å². The zero-order valence-corrected chi connectivity index (χ0v) is 15.9. The molecule has 27 heavy (non-hydrogen) atoms. The summed E-state index contributed by atoms with van der Waals surface area (Å²) in [7, 11) is 1.73. The fourth-order valence-electron chi connectivity index (χ4n) is 2.63. The van der Waals surface area contributed by atoms with Gasteiger partial charge in [-0.1, -0.05) is 35.9 Å². The Kier molecular flexibility index (Phi) is 5.23. The number of nitrogens with zero attached hydrogens (tertiary/aromatic N) is 4. The van der Waals surface area contributed by atoms with Crippen LogP contribution in [0.1, 0.15) is 11.3 Å². The number of hydrogen-bond acceptors (Lipinski definition) is 6. The summed E-state index contributed by atoms with van der Waals surface area (Å²) in [6.45, 7) is 3.50. The van der Waals surface area contributed by atoms with Crippen LogP contribution in [0.5, 0.6) is 0 Å². The van der Waals surface area contributed by atoms with Gasteiger partial charge in [-0.05, 0) is 43.7 Å². The molecule has 0 aliphatic rings. The molecule has 0 bridgehead atoms. The third kappa shape index (κ3) is 3.98. The maximum absolute atomic E-state index is 11.6. The van der Waals surface area contributed by atoms with Gasteiger partial charge in [-0.2, -0.15) is 4.98 Å². The van der Waals surface area contributed by atoms with E-state index >= 15 is 0 Å². The number of para-hydroxylation sites is 1. The topological polar surface area (TPSA) is 84.2 Å². The molecule has 3 aromatic rings. The van der Waals surface area contributed by atoms with Gasteiger partial charge >= 0.3 is 5.69 Å². The van der Waals surface area contributed by atoms with Crippen LogP contribution in [0, 0.1) is 24.0 Å². The van der Waals surface area contributed by atoms with Crippen LogP contribution < -0.4 is 10.2 Å². The first-order valence-electron chi connectivity index (χ1n) is 8.22. The number of benzene rings is 2. The first kappa shape index (κ1) is 18.6. The van der Waals surface area contributed by atoms with Crippen molar-refractivity contribution in [1.29, 1.82) is 0 Å². The van der Waals surface area contributed by atoms with Gasteiger partial charge in [0.2, 0.25) is 11.8 Å². The van der Waals surface area contributed by atoms with E-state index in [1.165, 1.54) is 0 Å². The van der Waals surface area contributed by atoms with Gasteiger partial charge in [0.1, 0.15) is 5.69 Å². The van der Waals surface area contributed by atoms with Crippen LogP contribution in [-0.2, 0) is 0 Å². The van der Waals surface area contributed by atoms with Gasteiger partial charge < -0.3 is 10.2 Å². The number of anilines is 4. The van der Waals surface area contributed by atoms with E-state index in [2.05, 4.69) is 15.3 Å². The highest BCUT2D eigenvalue weighted by atomic mass is 35.5. The van der Waals surface area contributed by atoms with Gasteiger partial charge in [0.05, 0.1) is 4.92 Å². The fourth-order valence-corrected chi connectivity index (χ4v) is 2.81. The van der Waals surface area contributed by atoms with Crippen molar-refractivity contribution < 1.29 is 4.92 Å². The number of hydrogen-bond donors (Lipinski definition) is 1. The largest absolute Gasteiger partial charge is 0.333 e. The Morgan fingerprint density at radius 2 is 1.81 bits per heavy atom. The number of aryl methyl sites for hydroxylation is 2. The van der Waals surface area contributed by atoms with E-state index in [-0.39, 0.29) is 23.1 Å². The van der Waals surface area contributed by atoms with Gasteiger partial charge in [-0.3, -0.25) is 10.1 Å². The molecule has 1 heterocycles. The van der Waals surface area contributed by atoms with E-state index in [9.17, 15) is 10.1 Å². The maximum atomic E-state index is 11.6. The van der Waals surface area contributed by atoms with Crippen LogP contribution in [0.2, 0.25) is 5.02 Å². The van der Waals surface area contributed by atoms with E-state index < -0.39 is 4.92 Å². The third-order valence-electron chi connectivity index (χ3n) is 4.11. The Hall–Kier alpha value is -3.19. The van der Waals surface area contributed by atoms with Crippen molar-refractivity contribution in [3.63, 3.8) is 0 Å². The summed E-state index contributed by atoms with van der Waals surface area (Å²) in [5.74, 6) is 0.468. The van der Waals surface area contributed by atoms with Crippen molar-refractivity contribution in [2.24, 2.45) is 0 Å². The average molecular weight is 384 g/mol. The average Bonchev–Trinajstić information content (AvgIpc) is 2.64. The summed E-state index contributed by atoms with van der Waals surface area (Å²) in [5, 5.41) is 15.3. The number of nitro groups is 1. The monoisotopic (exact) mass is 383 g/mol. The number of aromatic nitrogens is 2. The first-order chi connectivity index (χ1) is 12.9. The van der Waals surface area contributed by atoms with E-state index in [1.807, 2.05) is 49.4 Å². The molecule has 0 radical (unpaired) electrons. The van der Waals surface area contributed by atoms with Gasteiger partial charge in [0.15, 0.2) is 0 Å². The lowest BCUT2D eigenvalue weighted by Crippen LogP contribution is -2.16. The van der Waals surface area contributed by atoms with Crippen molar-refractivity contribution in [3.8, 4) is 0 Å². The van der Waals surface area contributed by atoms with Crippen molar-refractivity contribution >= 4 is 40.4 Å². The highest BCUT2D eigenvalue weighted by Crippen LogP contribution is 2.34. The van der Waals surface area contributed by atoms with Crippen molar-refractivity contribution in [1.82, 2.24) is 9.97 Å². The summed E-state index contributed by atoms with van der Waals surface area (Å²) in [5.41, 5.74) is 2.57. The van der Waals surface area contributed by atoms with Crippen LogP contribution in [0.25, 0.3) is 0 Å². The zero-order chi connectivity index (χ0) is 19.6. The smallest absolute Gasteiger partial charge is 0.324 e. The molecule has 8 heteroatoms. The van der Waals surface area contributed by atoms with Gasteiger partial charge in [-0.15, -0.1) is 0 Å². The molecule has 0 amide bonds. The second-order valence-electron chi connectivity index (χ2n) is 6.05. The standard InChI is InChI=1S/C19H18ClN5O2/c1-12-9-10-14(11-16(12)20)22-19-21-13(2)17(25(26)27)18(23-19)24(3)15-7-5-4-6-8-15/h4-11H,1-3H3,(H,21,22,23). The lowest BCUT2D eigenvalue weighted by Gasteiger charge is -2.19. The molecule has 0 aliphatic heterocycles. The molecule has 7 nitrogen and oxygen atoms in total. The molecule has 0 saturated heterocycles. The number of halogens is 1. The molecule has 0 unspecified atom stereocenters. The van der Waals surface area contributed by atoms with Gasteiger partial charge in [-0.25, -0.2) is 4.98 Å². The Labute approximate surface area is 161 Å². The molecular weight excluding hydrogens is 366 g/mol. The first-order valence-corrected chi connectivity index (χ1v) is 8.59. The molecule has 0 saturated carbocycles. The molecule has 138 valence electrons. The molecule has 0 fully saturated rings. The molecule has 2 aromatic carbocycles. The van der Waals surface area contributed by atoms with E-state index in [1.54, 1.807) is 24.9 Å². The highest BCUT2D eigenvalue weighted by Gasteiger charge is 2.25. The third-order valence-corrected chi connectivity index (χ3v) is 4.52. The molecule has 1 N–H and O–H groups in total. The number of rotatable bonds is 5. The summed E-state index contributed by atoms with van der Waals surface area (Å²) in [6.07, 6.45) is 0. The van der Waals surface area contributed by atoms with Crippen LogP contribution in [0.4, 0.5) is 28.8 Å². The minimum absolute atomic E-state index is 0.131. The van der Waals surface area contributed by atoms with Crippen molar-refractivity contribution in [3.05, 3.63) is 74.9 Å². The Bertz CT molecular complexity index is 995. The van der Waals surface area contributed by atoms with Crippen LogP contribution in [0.3, 0.4) is 0 Å². The molecule has 0 atom stereocenters. The van der Waals surface area contributed by atoms with Crippen LogP contribution in [-0.4, -0.2) is 21.9 Å². The Balaban J connectivity index is 2.05. The SMILES string of the molecule is Cc1ccc(Nc2nc(C)c([N+](=O)[O-])c(N(C)c3ccccc3)n2)cc1Cl. The van der Waals surface area contributed by atoms with Crippen molar-refractivity contribution in [2.75, 3.05) is 17.3 Å². The number of nitrogens with one attached hydrogen (secondary N) is 1. The summed E-state index contributed by atoms with van der Waals surface area (Å²) >= 11 is 6.16. The molecule has 0 spiro atoms. The maximum Gasteiger partial charge on any atom is 0.333 e. The van der Waals surface area contributed by atoms with Crippen LogP contribution in [0.15, 0.2) is 48.5 Å². The summed E-state index contributed by atoms with van der Waals surface area (Å²) in [6, 6.07) is 14.8. The predicted octanol–water partition coefficient (Wildman–Crippen LogP) is 5.17. The van der Waals surface area contributed by atoms with Crippen LogP contribution >= 0.6 is 11.6 Å². The summed E-state index contributed by atoms with van der Waals surface area (Å²) < 4.78 is 0. The molecule has 1 aromatic heterocycles. The van der Waals surface area contributed by atoms with E-state index in [0.29, 0.717) is 10.7 Å². The van der Waals surface area contributed by atoms with E-state index in [4.69, 9.17) is 11.6 Å². The second-order valence-corrected chi connectivity index (χ2v) is 6.45. The quantitative estimate of drug-likeness (QED) is 0.483. The Morgan fingerprint density at radius 3 is 2.44 bits per heavy atom. The van der Waals surface area contributed by atoms with E-state index in [0.717, 1.165) is 11.3 Å². The summed E-state index contributed by atoms with van der Waals surface area (Å²) in [4.78, 5) is 21.4. The predicted molar refractivity (Wildman–Crippen MR) is 107 cm³/mol. The lowest BCUT2D eigenvalue weighted by atomic mass is 10.2. The minimum atomic E-state index is -0.462. The lowest BCUT2D eigenvalue weighted by molar-refractivity contribution is -0.385. The normalized spacial score (nSPS) is 10.5. The minimum Gasteiger partial charge on any atom is -0.324 e. The van der Waals surface area contributed by atoms with Gasteiger partial charge in [0.25, 0.3) is 0 Å². The van der Waals surface area contributed by atoms with Crippen molar-refractivity contribution in [2.45, 2.75) is 13.8 Å². The molecule has 3 rings (SSSR count).